The molecule has 15 heavy (non-hydrogen) atoms. The standard InChI is InChI=1S/C13H24O2/c1-10(2)13(9-12(14)15-4)7-5-6-11(3)8-13/h10-11H,5-9H2,1-4H3. The number of hydrogen-bond donors (Lipinski definition) is 0. The summed E-state index contributed by atoms with van der Waals surface area (Å²) in [5, 5.41) is 0. The summed E-state index contributed by atoms with van der Waals surface area (Å²) in [6, 6.07) is 0. The van der Waals surface area contributed by atoms with Crippen molar-refractivity contribution in [2.45, 2.75) is 52.9 Å². The molecule has 1 aliphatic rings. The largest absolute Gasteiger partial charge is 0.469 e. The lowest BCUT2D eigenvalue weighted by molar-refractivity contribution is -0.145. The fourth-order valence-electron chi connectivity index (χ4n) is 2.95. The van der Waals surface area contributed by atoms with Gasteiger partial charge in [-0.25, -0.2) is 0 Å². The van der Waals surface area contributed by atoms with Gasteiger partial charge in [0.15, 0.2) is 0 Å². The lowest BCUT2D eigenvalue weighted by Crippen LogP contribution is -2.35. The van der Waals surface area contributed by atoms with Crippen molar-refractivity contribution in [3.63, 3.8) is 0 Å². The fraction of sp³-hybridized carbons (Fsp3) is 0.923. The molecule has 0 N–H and O–H groups in total. The Labute approximate surface area is 93.4 Å². The van der Waals surface area contributed by atoms with E-state index in [1.54, 1.807) is 0 Å². The zero-order chi connectivity index (χ0) is 11.5. The van der Waals surface area contributed by atoms with Crippen LogP contribution < -0.4 is 0 Å². The summed E-state index contributed by atoms with van der Waals surface area (Å²) in [6.07, 6.45) is 5.54. The highest BCUT2D eigenvalue weighted by atomic mass is 16.5. The number of carbonyl (C=O) groups excluding carboxylic acids is 1. The second-order valence-corrected chi connectivity index (χ2v) is 5.47. The zero-order valence-electron chi connectivity index (χ0n) is 10.5. The number of ether oxygens (including phenoxy) is 1. The van der Waals surface area contributed by atoms with Crippen molar-refractivity contribution >= 4 is 5.97 Å². The first-order valence-electron chi connectivity index (χ1n) is 6.07. The summed E-state index contributed by atoms with van der Waals surface area (Å²) in [4.78, 5) is 11.5. The lowest BCUT2D eigenvalue weighted by Gasteiger charge is -2.42. The number of methoxy groups -OCH3 is 1. The van der Waals surface area contributed by atoms with Crippen molar-refractivity contribution in [1.29, 1.82) is 0 Å². The van der Waals surface area contributed by atoms with E-state index >= 15 is 0 Å². The molecule has 0 spiro atoms. The van der Waals surface area contributed by atoms with E-state index < -0.39 is 0 Å². The van der Waals surface area contributed by atoms with Gasteiger partial charge in [-0.15, -0.1) is 0 Å². The van der Waals surface area contributed by atoms with E-state index in [1.165, 1.54) is 32.8 Å². The Morgan fingerprint density at radius 3 is 2.67 bits per heavy atom. The van der Waals surface area contributed by atoms with Crippen LogP contribution in [0.2, 0.25) is 0 Å². The quantitative estimate of drug-likeness (QED) is 0.670. The third-order valence-electron chi connectivity index (χ3n) is 4.08. The average molecular weight is 212 g/mol. The van der Waals surface area contributed by atoms with Gasteiger partial charge in [0.25, 0.3) is 0 Å². The monoisotopic (exact) mass is 212 g/mol. The molecule has 2 heteroatoms. The van der Waals surface area contributed by atoms with Crippen molar-refractivity contribution in [2.24, 2.45) is 17.3 Å². The molecule has 1 aliphatic carbocycles. The van der Waals surface area contributed by atoms with Crippen molar-refractivity contribution in [3.8, 4) is 0 Å². The summed E-state index contributed by atoms with van der Waals surface area (Å²) in [5.74, 6) is 1.28. The Morgan fingerprint density at radius 1 is 1.53 bits per heavy atom. The maximum absolute atomic E-state index is 11.5. The van der Waals surface area contributed by atoms with Gasteiger partial charge in [0.05, 0.1) is 13.5 Å². The third-order valence-corrected chi connectivity index (χ3v) is 4.08. The van der Waals surface area contributed by atoms with Crippen LogP contribution in [0.1, 0.15) is 52.9 Å². The van der Waals surface area contributed by atoms with Crippen LogP contribution in [0.5, 0.6) is 0 Å². The third kappa shape index (κ3) is 2.96. The Morgan fingerprint density at radius 2 is 2.20 bits per heavy atom. The van der Waals surface area contributed by atoms with Crippen LogP contribution in [0.3, 0.4) is 0 Å². The Bertz CT molecular complexity index is 223. The van der Waals surface area contributed by atoms with E-state index in [-0.39, 0.29) is 11.4 Å². The normalized spacial score (nSPS) is 31.7. The van der Waals surface area contributed by atoms with Crippen LogP contribution in [-0.2, 0) is 9.53 Å². The first kappa shape index (κ1) is 12.5. The number of hydrogen-bond acceptors (Lipinski definition) is 2. The van der Waals surface area contributed by atoms with Gasteiger partial charge in [-0.2, -0.15) is 0 Å². The maximum atomic E-state index is 11.5. The number of carbonyl (C=O) groups is 1. The van der Waals surface area contributed by atoms with Crippen LogP contribution in [-0.4, -0.2) is 13.1 Å². The molecule has 88 valence electrons. The van der Waals surface area contributed by atoms with Crippen LogP contribution in [0.4, 0.5) is 0 Å². The Kier molecular flexibility index (Phi) is 4.18. The first-order chi connectivity index (χ1) is 7.00. The van der Waals surface area contributed by atoms with Crippen LogP contribution in [0, 0.1) is 17.3 Å². The molecule has 0 radical (unpaired) electrons. The highest BCUT2D eigenvalue weighted by Crippen LogP contribution is 2.47. The van der Waals surface area contributed by atoms with E-state index in [9.17, 15) is 4.79 Å². The highest BCUT2D eigenvalue weighted by Gasteiger charge is 2.39. The minimum atomic E-state index is -0.0437. The molecule has 1 fully saturated rings. The Hall–Kier alpha value is -0.530. The lowest BCUT2D eigenvalue weighted by atomic mass is 9.62. The predicted octanol–water partition coefficient (Wildman–Crippen LogP) is 3.40. The summed E-state index contributed by atoms with van der Waals surface area (Å²) >= 11 is 0. The molecule has 1 saturated carbocycles. The van der Waals surface area contributed by atoms with Gasteiger partial charge in [-0.3, -0.25) is 4.79 Å². The molecule has 2 unspecified atom stereocenters. The maximum Gasteiger partial charge on any atom is 0.306 e. The van der Waals surface area contributed by atoms with Crippen molar-refractivity contribution < 1.29 is 9.53 Å². The van der Waals surface area contributed by atoms with Gasteiger partial charge >= 0.3 is 5.97 Å². The van der Waals surface area contributed by atoms with Gasteiger partial charge in [0.1, 0.15) is 0 Å². The van der Waals surface area contributed by atoms with Gasteiger partial charge in [-0.1, -0.05) is 33.6 Å². The minimum absolute atomic E-state index is 0.0437. The molecular formula is C13H24O2. The fourth-order valence-corrected chi connectivity index (χ4v) is 2.95. The van der Waals surface area contributed by atoms with Crippen molar-refractivity contribution in [3.05, 3.63) is 0 Å². The summed E-state index contributed by atoms with van der Waals surface area (Å²) in [6.45, 7) is 6.77. The van der Waals surface area contributed by atoms with E-state index in [2.05, 4.69) is 20.8 Å². The molecule has 1 rings (SSSR count). The molecule has 0 bridgehead atoms. The molecule has 0 aromatic rings. The highest BCUT2D eigenvalue weighted by molar-refractivity contribution is 5.70. The molecule has 0 heterocycles. The van der Waals surface area contributed by atoms with Crippen LogP contribution >= 0.6 is 0 Å². The van der Waals surface area contributed by atoms with Gasteiger partial charge in [0.2, 0.25) is 0 Å². The van der Waals surface area contributed by atoms with Gasteiger partial charge < -0.3 is 4.74 Å². The molecule has 0 aromatic carbocycles. The molecular weight excluding hydrogens is 188 g/mol. The van der Waals surface area contributed by atoms with E-state index in [0.29, 0.717) is 12.3 Å². The second kappa shape index (κ2) is 5.00. The van der Waals surface area contributed by atoms with Crippen molar-refractivity contribution in [1.82, 2.24) is 0 Å². The van der Waals surface area contributed by atoms with Gasteiger partial charge in [0, 0.05) is 0 Å². The van der Waals surface area contributed by atoms with E-state index in [4.69, 9.17) is 4.74 Å². The molecule has 0 aromatic heterocycles. The van der Waals surface area contributed by atoms with Crippen molar-refractivity contribution in [2.75, 3.05) is 7.11 Å². The summed E-state index contributed by atoms with van der Waals surface area (Å²) in [5.41, 5.74) is 0.199. The van der Waals surface area contributed by atoms with Crippen LogP contribution in [0.25, 0.3) is 0 Å². The molecule has 2 nitrogen and oxygen atoms in total. The smallest absolute Gasteiger partial charge is 0.306 e. The SMILES string of the molecule is COC(=O)CC1(C(C)C)CCCC(C)C1. The summed E-state index contributed by atoms with van der Waals surface area (Å²) < 4.78 is 4.82. The second-order valence-electron chi connectivity index (χ2n) is 5.47. The average Bonchev–Trinajstić information content (AvgIpc) is 2.17. The number of rotatable bonds is 3. The topological polar surface area (TPSA) is 26.3 Å². The van der Waals surface area contributed by atoms with E-state index in [0.717, 1.165) is 5.92 Å². The Balaban J connectivity index is 2.73. The molecule has 0 amide bonds. The zero-order valence-corrected chi connectivity index (χ0v) is 10.5. The van der Waals surface area contributed by atoms with Crippen LogP contribution in [0.15, 0.2) is 0 Å². The first-order valence-corrected chi connectivity index (χ1v) is 6.07. The molecule has 0 saturated heterocycles. The molecule has 2 atom stereocenters. The van der Waals surface area contributed by atoms with Gasteiger partial charge in [-0.05, 0) is 30.1 Å². The van der Waals surface area contributed by atoms with E-state index in [1.807, 2.05) is 0 Å². The molecule has 0 aliphatic heterocycles. The number of esters is 1. The summed E-state index contributed by atoms with van der Waals surface area (Å²) in [7, 11) is 1.49. The minimum Gasteiger partial charge on any atom is -0.469 e. The predicted molar refractivity (Wildman–Crippen MR) is 61.5 cm³/mol.